The van der Waals surface area contributed by atoms with E-state index >= 15 is 0 Å². The molecule has 1 fully saturated rings. The first-order valence-electron chi connectivity index (χ1n) is 7.15. The Kier molecular flexibility index (Phi) is 8.32. The van der Waals surface area contributed by atoms with Gasteiger partial charge in [-0.05, 0) is 51.2 Å². The van der Waals surface area contributed by atoms with Gasteiger partial charge in [0.2, 0.25) is 0 Å². The van der Waals surface area contributed by atoms with Gasteiger partial charge in [0.15, 0.2) is 0 Å². The molecule has 2 heteroatoms. The molecule has 0 radical (unpaired) electrons. The van der Waals surface area contributed by atoms with Crippen LogP contribution in [0.5, 0.6) is 0 Å². The van der Waals surface area contributed by atoms with Crippen LogP contribution in [0.15, 0.2) is 0 Å². The summed E-state index contributed by atoms with van der Waals surface area (Å²) in [5.74, 6) is 1.86. The Balaban J connectivity index is 1.95. The number of alkyl halides is 1. The highest BCUT2D eigenvalue weighted by Gasteiger charge is 2.17. The second-order valence-electron chi connectivity index (χ2n) is 5.18. The average Bonchev–Trinajstić information content (AvgIpc) is 2.31. The number of hydrogen-bond donors (Lipinski definition) is 0. The lowest BCUT2D eigenvalue weighted by Gasteiger charge is -2.31. The largest absolute Gasteiger partial charge is 0.303 e. The lowest BCUT2D eigenvalue weighted by molar-refractivity contribution is 0.176. The third-order valence-corrected chi connectivity index (χ3v) is 4.03. The highest BCUT2D eigenvalue weighted by atomic mass is 35.5. The summed E-state index contributed by atoms with van der Waals surface area (Å²) in [6.45, 7) is 6.32. The summed E-state index contributed by atoms with van der Waals surface area (Å²) in [6.07, 6.45) is 10.9. The third kappa shape index (κ3) is 6.10. The van der Waals surface area contributed by atoms with Crippen molar-refractivity contribution in [1.29, 1.82) is 0 Å². The topological polar surface area (TPSA) is 3.24 Å². The van der Waals surface area contributed by atoms with E-state index < -0.39 is 0 Å². The minimum absolute atomic E-state index is 0.836. The summed E-state index contributed by atoms with van der Waals surface area (Å²) in [5, 5.41) is 0. The summed E-state index contributed by atoms with van der Waals surface area (Å²) < 4.78 is 0. The van der Waals surface area contributed by atoms with E-state index in [4.69, 9.17) is 11.6 Å². The first kappa shape index (κ1) is 14.3. The molecule has 0 spiro atoms. The quantitative estimate of drug-likeness (QED) is 0.455. The predicted molar refractivity (Wildman–Crippen MR) is 73.3 cm³/mol. The van der Waals surface area contributed by atoms with Crippen molar-refractivity contribution in [3.63, 3.8) is 0 Å². The van der Waals surface area contributed by atoms with E-state index in [1.807, 2.05) is 0 Å². The summed E-state index contributed by atoms with van der Waals surface area (Å²) in [5.41, 5.74) is 0. The molecule has 0 aliphatic carbocycles. The Bertz CT molecular complexity index is 153. The average molecular weight is 246 g/mol. The van der Waals surface area contributed by atoms with Gasteiger partial charge in [0.1, 0.15) is 0 Å². The molecule has 0 atom stereocenters. The molecule has 0 aromatic rings. The second kappa shape index (κ2) is 9.30. The van der Waals surface area contributed by atoms with Crippen LogP contribution in [0.3, 0.4) is 0 Å². The number of rotatable bonds is 8. The number of unbranched alkanes of at least 4 members (excludes halogenated alkanes) is 3. The van der Waals surface area contributed by atoms with Crippen molar-refractivity contribution in [1.82, 2.24) is 4.90 Å². The first-order valence-corrected chi connectivity index (χ1v) is 7.68. The molecule has 1 rings (SSSR count). The van der Waals surface area contributed by atoms with Gasteiger partial charge in [0.05, 0.1) is 0 Å². The minimum atomic E-state index is 0.836. The first-order chi connectivity index (χ1) is 7.86. The van der Waals surface area contributed by atoms with E-state index in [2.05, 4.69) is 11.8 Å². The van der Waals surface area contributed by atoms with Gasteiger partial charge in [-0.3, -0.25) is 0 Å². The molecule has 0 aromatic heterocycles. The predicted octanol–water partition coefficient (Wildman–Crippen LogP) is 4.30. The Morgan fingerprint density at radius 1 is 1.06 bits per heavy atom. The minimum Gasteiger partial charge on any atom is -0.303 e. The Morgan fingerprint density at radius 3 is 2.38 bits per heavy atom. The molecule has 1 saturated heterocycles. The highest BCUT2D eigenvalue weighted by Crippen LogP contribution is 2.21. The fraction of sp³-hybridized carbons (Fsp3) is 1.00. The van der Waals surface area contributed by atoms with E-state index in [1.54, 1.807) is 0 Å². The molecule has 0 saturated carbocycles. The van der Waals surface area contributed by atoms with Gasteiger partial charge >= 0.3 is 0 Å². The van der Waals surface area contributed by atoms with Crippen LogP contribution in [0, 0.1) is 5.92 Å². The molecule has 1 nitrogen and oxygen atoms in total. The van der Waals surface area contributed by atoms with Gasteiger partial charge in [0.25, 0.3) is 0 Å². The maximum Gasteiger partial charge on any atom is 0.0223 e. The van der Waals surface area contributed by atoms with Gasteiger partial charge in [-0.1, -0.05) is 32.6 Å². The number of nitrogens with zero attached hydrogens (tertiary/aromatic N) is 1. The molecule has 16 heavy (non-hydrogen) atoms. The van der Waals surface area contributed by atoms with Gasteiger partial charge in [-0.25, -0.2) is 0 Å². The number of halogens is 1. The molecule has 1 heterocycles. The van der Waals surface area contributed by atoms with Crippen LogP contribution in [0.2, 0.25) is 0 Å². The van der Waals surface area contributed by atoms with E-state index in [0.29, 0.717) is 0 Å². The van der Waals surface area contributed by atoms with Crippen LogP contribution in [-0.2, 0) is 0 Å². The molecule has 1 aliphatic heterocycles. The molecule has 0 aromatic carbocycles. The number of piperidine rings is 1. The van der Waals surface area contributed by atoms with E-state index in [0.717, 1.165) is 11.8 Å². The molecule has 0 unspecified atom stereocenters. The van der Waals surface area contributed by atoms with Crippen LogP contribution < -0.4 is 0 Å². The fourth-order valence-electron chi connectivity index (χ4n) is 2.69. The lowest BCUT2D eigenvalue weighted by atomic mass is 9.92. The number of hydrogen-bond acceptors (Lipinski definition) is 1. The third-order valence-electron chi connectivity index (χ3n) is 3.76. The van der Waals surface area contributed by atoms with E-state index in [9.17, 15) is 0 Å². The lowest BCUT2D eigenvalue weighted by Crippen LogP contribution is -2.34. The maximum absolute atomic E-state index is 5.66. The standard InChI is InChI=1S/C14H28ClN/c1-2-7-14-8-12-16(13-9-14)11-6-4-3-5-10-15/h14H,2-13H2,1H3. The van der Waals surface area contributed by atoms with Crippen LogP contribution in [-0.4, -0.2) is 30.4 Å². The van der Waals surface area contributed by atoms with Gasteiger partial charge in [0, 0.05) is 5.88 Å². The molecular weight excluding hydrogens is 218 g/mol. The van der Waals surface area contributed by atoms with Crippen molar-refractivity contribution in [2.75, 3.05) is 25.5 Å². The summed E-state index contributed by atoms with van der Waals surface area (Å²) >= 11 is 5.66. The molecule has 1 aliphatic rings. The molecular formula is C14H28ClN. The molecule has 0 bridgehead atoms. The Morgan fingerprint density at radius 2 is 1.75 bits per heavy atom. The fourth-order valence-corrected chi connectivity index (χ4v) is 2.88. The van der Waals surface area contributed by atoms with Crippen LogP contribution in [0.4, 0.5) is 0 Å². The molecule has 0 amide bonds. The van der Waals surface area contributed by atoms with Crippen molar-refractivity contribution in [2.45, 2.75) is 58.3 Å². The van der Waals surface area contributed by atoms with Gasteiger partial charge < -0.3 is 4.90 Å². The smallest absolute Gasteiger partial charge is 0.0223 e. The number of likely N-dealkylation sites (tertiary alicyclic amines) is 1. The zero-order chi connectivity index (χ0) is 11.6. The maximum atomic E-state index is 5.66. The Hall–Kier alpha value is 0.250. The van der Waals surface area contributed by atoms with Crippen molar-refractivity contribution in [3.05, 3.63) is 0 Å². The summed E-state index contributed by atoms with van der Waals surface area (Å²) in [6, 6.07) is 0. The van der Waals surface area contributed by atoms with E-state index in [-0.39, 0.29) is 0 Å². The van der Waals surface area contributed by atoms with Crippen molar-refractivity contribution >= 4 is 11.6 Å². The summed E-state index contributed by atoms with van der Waals surface area (Å²) in [4.78, 5) is 2.66. The SMILES string of the molecule is CCCC1CCN(CCCCCCCl)CC1. The molecule has 0 N–H and O–H groups in total. The van der Waals surface area contributed by atoms with Crippen LogP contribution >= 0.6 is 11.6 Å². The highest BCUT2D eigenvalue weighted by molar-refractivity contribution is 6.17. The Labute approximate surface area is 107 Å². The van der Waals surface area contributed by atoms with Gasteiger partial charge in [-0.2, -0.15) is 0 Å². The molecule has 96 valence electrons. The zero-order valence-corrected chi connectivity index (χ0v) is 11.6. The van der Waals surface area contributed by atoms with Crippen molar-refractivity contribution in [2.24, 2.45) is 5.92 Å². The van der Waals surface area contributed by atoms with Crippen molar-refractivity contribution in [3.8, 4) is 0 Å². The van der Waals surface area contributed by atoms with Crippen molar-refractivity contribution < 1.29 is 0 Å². The monoisotopic (exact) mass is 245 g/mol. The van der Waals surface area contributed by atoms with Gasteiger partial charge in [-0.15, -0.1) is 11.6 Å². The van der Waals surface area contributed by atoms with Crippen LogP contribution in [0.1, 0.15) is 58.3 Å². The second-order valence-corrected chi connectivity index (χ2v) is 5.55. The van der Waals surface area contributed by atoms with E-state index in [1.165, 1.54) is 71.0 Å². The van der Waals surface area contributed by atoms with Crippen LogP contribution in [0.25, 0.3) is 0 Å². The normalized spacial score (nSPS) is 19.1. The zero-order valence-electron chi connectivity index (χ0n) is 10.9. The summed E-state index contributed by atoms with van der Waals surface area (Å²) in [7, 11) is 0.